The van der Waals surface area contributed by atoms with Crippen LogP contribution >= 0.6 is 11.6 Å². The van der Waals surface area contributed by atoms with Gasteiger partial charge in [-0.05, 0) is 66.1 Å². The Kier molecular flexibility index (Phi) is 10.2. The number of methoxy groups -OCH3 is 2. The van der Waals surface area contributed by atoms with E-state index in [-0.39, 0.29) is 61.9 Å². The monoisotopic (exact) mass is 770 g/mol. The number of rotatable bonds is 12. The third-order valence-electron chi connectivity index (χ3n) is 8.38. The average Bonchev–Trinajstić information content (AvgIpc) is 3.42. The molecule has 1 atom stereocenters. The molecule has 2 heterocycles. The number of aryl methyl sites for hydroxylation is 2. The van der Waals surface area contributed by atoms with Crippen molar-refractivity contribution in [2.24, 2.45) is 7.05 Å². The fourth-order valence-corrected chi connectivity index (χ4v) is 7.34. The van der Waals surface area contributed by atoms with Crippen molar-refractivity contribution >= 4 is 55.3 Å². The molecule has 0 aliphatic heterocycles. The number of carbonyl (C=O) groups is 1. The summed E-state index contributed by atoms with van der Waals surface area (Å²) in [5.41, 5.74) is -0.205. The van der Waals surface area contributed by atoms with E-state index < -0.39 is 57.3 Å². The van der Waals surface area contributed by atoms with Crippen molar-refractivity contribution in [3.8, 4) is 17.2 Å². The summed E-state index contributed by atoms with van der Waals surface area (Å²) in [5, 5.41) is 16.5. The van der Waals surface area contributed by atoms with Gasteiger partial charge in [-0.25, -0.2) is 31.4 Å². The summed E-state index contributed by atoms with van der Waals surface area (Å²) in [6.45, 7) is 0. The Morgan fingerprint density at radius 3 is 2.32 bits per heavy atom. The Hall–Kier alpha value is -5.81. The van der Waals surface area contributed by atoms with Crippen molar-refractivity contribution < 1.29 is 41.0 Å². The summed E-state index contributed by atoms with van der Waals surface area (Å²) in [7, 11) is 0.116. The highest BCUT2D eigenvalue weighted by Gasteiger charge is 2.29. The summed E-state index contributed by atoms with van der Waals surface area (Å²) in [4.78, 5) is 31.2. The van der Waals surface area contributed by atoms with Crippen molar-refractivity contribution in [2.75, 3.05) is 24.7 Å². The number of ether oxygens (including phenoxy) is 2. The first-order valence-corrected chi connectivity index (χ1v) is 17.7. The van der Waals surface area contributed by atoms with Gasteiger partial charge in [0.25, 0.3) is 5.56 Å². The SMILES string of the molecule is COc1ccc(CCS(=O)(=O)Nc2nn(C)c3c(-n4c([C@H](Cc5cc(F)cc(F)c5)NC(=O)O)nc5c(OC)c(F)ccc5c4=O)ccc(Cl)c23)cc1. The maximum atomic E-state index is 14.9. The lowest BCUT2D eigenvalue weighted by Crippen LogP contribution is -2.35. The van der Waals surface area contributed by atoms with E-state index in [1.807, 2.05) is 0 Å². The first kappa shape index (κ1) is 37.0. The maximum absolute atomic E-state index is 14.9. The third kappa shape index (κ3) is 7.57. The lowest BCUT2D eigenvalue weighted by atomic mass is 10.0. The van der Waals surface area contributed by atoms with E-state index in [1.54, 1.807) is 24.3 Å². The van der Waals surface area contributed by atoms with E-state index in [1.165, 1.54) is 37.0 Å². The molecular formula is C35H30ClF3N6O7S. The van der Waals surface area contributed by atoms with Crippen LogP contribution in [-0.2, 0) is 29.9 Å². The standard InChI is InChI=1S/C35H30ClF3N6O7S/c1-44-30-27(11-9-24(36)28(30)32(42-44)43-53(49,50)13-12-18-4-6-22(51-2)7-5-18)45-33(41-29-23(34(45)46)8-10-25(39)31(29)52-3)26(40-35(47)48)16-19-14-20(37)17-21(38)15-19/h4-11,14-15,17,26,40H,12-13,16H2,1-3H3,(H,42,43)(H,47,48)/t26-/m0/s1. The molecule has 0 spiro atoms. The van der Waals surface area contributed by atoms with Gasteiger partial charge >= 0.3 is 6.09 Å². The predicted octanol–water partition coefficient (Wildman–Crippen LogP) is 5.90. The highest BCUT2D eigenvalue weighted by atomic mass is 35.5. The number of benzene rings is 4. The maximum Gasteiger partial charge on any atom is 0.405 e. The van der Waals surface area contributed by atoms with Gasteiger partial charge in [0.15, 0.2) is 17.4 Å². The van der Waals surface area contributed by atoms with Crippen molar-refractivity contribution in [2.45, 2.75) is 18.9 Å². The Balaban J connectivity index is 1.54. The van der Waals surface area contributed by atoms with Gasteiger partial charge in [0, 0.05) is 19.5 Å². The second-order valence-corrected chi connectivity index (χ2v) is 14.1. The van der Waals surface area contributed by atoms with E-state index in [9.17, 15) is 36.3 Å². The fraction of sp³-hybridized carbons (Fsp3) is 0.200. The van der Waals surface area contributed by atoms with Gasteiger partial charge < -0.3 is 19.9 Å². The van der Waals surface area contributed by atoms with E-state index in [2.05, 4.69) is 20.1 Å². The van der Waals surface area contributed by atoms with Gasteiger partial charge in [-0.3, -0.25) is 18.8 Å². The Bertz CT molecular complexity index is 2540. The summed E-state index contributed by atoms with van der Waals surface area (Å²) in [6, 6.07) is 13.0. The molecule has 6 rings (SSSR count). The van der Waals surface area contributed by atoms with Crippen molar-refractivity contribution in [3.63, 3.8) is 0 Å². The number of nitrogens with zero attached hydrogens (tertiary/aromatic N) is 4. The van der Waals surface area contributed by atoms with Crippen LogP contribution in [0.15, 0.2) is 71.5 Å². The Morgan fingerprint density at radius 1 is 0.981 bits per heavy atom. The predicted molar refractivity (Wildman–Crippen MR) is 191 cm³/mol. The minimum atomic E-state index is -4.03. The minimum Gasteiger partial charge on any atom is -0.497 e. The molecule has 0 aliphatic carbocycles. The quantitative estimate of drug-likeness (QED) is 0.137. The molecule has 53 heavy (non-hydrogen) atoms. The van der Waals surface area contributed by atoms with Gasteiger partial charge in [-0.2, -0.15) is 5.10 Å². The van der Waals surface area contributed by atoms with Crippen LogP contribution in [0.4, 0.5) is 23.8 Å². The summed E-state index contributed by atoms with van der Waals surface area (Å²) in [5.74, 6) is -3.35. The number of hydrogen-bond acceptors (Lipinski definition) is 8. The largest absolute Gasteiger partial charge is 0.497 e. The molecule has 0 aliphatic rings. The molecule has 0 radical (unpaired) electrons. The van der Waals surface area contributed by atoms with E-state index >= 15 is 0 Å². The molecule has 1 amide bonds. The van der Waals surface area contributed by atoms with Gasteiger partial charge in [-0.15, -0.1) is 0 Å². The van der Waals surface area contributed by atoms with Gasteiger partial charge in [-0.1, -0.05) is 23.7 Å². The van der Waals surface area contributed by atoms with Crippen molar-refractivity contribution in [1.82, 2.24) is 24.6 Å². The Morgan fingerprint density at radius 2 is 1.68 bits per heavy atom. The normalized spacial score (nSPS) is 12.2. The Labute approximate surface area is 304 Å². The second-order valence-electron chi connectivity index (χ2n) is 11.9. The highest BCUT2D eigenvalue weighted by Crippen LogP contribution is 2.36. The molecule has 4 aromatic carbocycles. The van der Waals surface area contributed by atoms with E-state index in [4.69, 9.17) is 21.1 Å². The molecule has 13 nitrogen and oxygen atoms in total. The van der Waals surface area contributed by atoms with Gasteiger partial charge in [0.2, 0.25) is 10.0 Å². The van der Waals surface area contributed by atoms with E-state index in [0.29, 0.717) is 11.8 Å². The first-order chi connectivity index (χ1) is 25.2. The van der Waals surface area contributed by atoms with Crippen molar-refractivity contribution in [3.05, 3.63) is 117 Å². The molecule has 18 heteroatoms. The zero-order valence-electron chi connectivity index (χ0n) is 28.2. The molecule has 0 saturated heterocycles. The zero-order valence-corrected chi connectivity index (χ0v) is 29.7. The van der Waals surface area contributed by atoms with Gasteiger partial charge in [0.1, 0.15) is 28.7 Å². The number of fused-ring (bicyclic) bond motifs is 2. The second kappa shape index (κ2) is 14.7. The van der Waals surface area contributed by atoms with Gasteiger partial charge in [0.05, 0.1) is 53.0 Å². The first-order valence-electron chi connectivity index (χ1n) is 15.7. The zero-order chi connectivity index (χ0) is 38.2. The lowest BCUT2D eigenvalue weighted by Gasteiger charge is -2.23. The number of aromatic nitrogens is 4. The molecule has 6 aromatic rings. The van der Waals surface area contributed by atoms with Crippen LogP contribution in [0.25, 0.3) is 27.5 Å². The fourth-order valence-electron chi connectivity index (χ4n) is 6.05. The van der Waals surface area contributed by atoms with Crippen LogP contribution in [0, 0.1) is 17.5 Å². The van der Waals surface area contributed by atoms with Crippen LogP contribution in [-0.4, -0.2) is 58.9 Å². The molecule has 0 unspecified atom stereocenters. The summed E-state index contributed by atoms with van der Waals surface area (Å²) < 4.78 is 85.2. The lowest BCUT2D eigenvalue weighted by molar-refractivity contribution is 0.189. The van der Waals surface area contributed by atoms with Crippen LogP contribution in [0.1, 0.15) is 23.0 Å². The van der Waals surface area contributed by atoms with E-state index in [0.717, 1.165) is 35.4 Å². The highest BCUT2D eigenvalue weighted by molar-refractivity contribution is 7.92. The third-order valence-corrected chi connectivity index (χ3v) is 9.94. The minimum absolute atomic E-state index is 0.00136. The molecule has 2 aromatic heterocycles. The average molecular weight is 771 g/mol. The summed E-state index contributed by atoms with van der Waals surface area (Å²) in [6.07, 6.45) is -1.84. The number of nitrogens with one attached hydrogen (secondary N) is 2. The summed E-state index contributed by atoms with van der Waals surface area (Å²) >= 11 is 6.64. The number of amides is 1. The molecule has 0 bridgehead atoms. The molecular weight excluding hydrogens is 741 g/mol. The number of halogens is 4. The number of sulfonamides is 1. The molecule has 276 valence electrons. The molecule has 0 fully saturated rings. The topological polar surface area (TPSA) is 167 Å². The number of carboxylic acid groups (broad SMARTS) is 1. The van der Waals surface area contributed by atoms with Crippen LogP contribution in [0.3, 0.4) is 0 Å². The van der Waals surface area contributed by atoms with Crippen LogP contribution in [0.2, 0.25) is 5.02 Å². The van der Waals surface area contributed by atoms with Crippen molar-refractivity contribution in [1.29, 1.82) is 0 Å². The molecule has 0 saturated carbocycles. The van der Waals surface area contributed by atoms with Crippen LogP contribution in [0.5, 0.6) is 11.5 Å². The number of hydrogen-bond donors (Lipinski definition) is 3. The molecule has 3 N–H and O–H groups in total. The number of anilines is 1. The smallest absolute Gasteiger partial charge is 0.405 e. The van der Waals surface area contributed by atoms with Crippen LogP contribution < -0.4 is 25.1 Å².